The van der Waals surface area contributed by atoms with Crippen LogP contribution in [0.15, 0.2) is 0 Å². The number of rotatable bonds is 9. The molecule has 0 heterocycles. The molecule has 0 unspecified atom stereocenters. The molecule has 0 amide bonds. The number of hydrogen-bond donors (Lipinski definition) is 1. The Balaban J connectivity index is 3.16. The zero-order chi connectivity index (χ0) is 13.5. The zero-order valence-electron chi connectivity index (χ0n) is 11.4. The third-order valence-corrected chi connectivity index (χ3v) is 2.60. The van der Waals surface area contributed by atoms with Gasteiger partial charge in [0.25, 0.3) is 0 Å². The van der Waals surface area contributed by atoms with E-state index in [0.717, 1.165) is 19.3 Å². The van der Waals surface area contributed by atoms with E-state index in [1.165, 1.54) is 25.7 Å². The topological polar surface area (TPSA) is 37.3 Å². The van der Waals surface area contributed by atoms with Gasteiger partial charge in [0.05, 0.1) is 0 Å². The molecule has 0 spiro atoms. The summed E-state index contributed by atoms with van der Waals surface area (Å²) >= 11 is 0. The van der Waals surface area contributed by atoms with Crippen molar-refractivity contribution in [2.75, 3.05) is 0 Å². The summed E-state index contributed by atoms with van der Waals surface area (Å²) in [6.07, 6.45) is 9.73. The highest BCUT2D eigenvalue weighted by molar-refractivity contribution is 5.66. The maximum Gasteiger partial charge on any atom is 0.303 e. The summed E-state index contributed by atoms with van der Waals surface area (Å²) in [6, 6.07) is 0. The first-order valence-electron chi connectivity index (χ1n) is 6.84. The zero-order valence-corrected chi connectivity index (χ0v) is 11.4. The van der Waals surface area contributed by atoms with Gasteiger partial charge in [-0.05, 0) is 26.2 Å². The van der Waals surface area contributed by atoms with Gasteiger partial charge < -0.3 is 5.11 Å². The molecule has 1 N–H and O–H groups in total. The van der Waals surface area contributed by atoms with Gasteiger partial charge in [0.2, 0.25) is 0 Å². The molecule has 0 saturated carbocycles. The van der Waals surface area contributed by atoms with Gasteiger partial charge in [0.1, 0.15) is 0 Å². The molecule has 0 rings (SSSR count). The Hall–Kier alpha value is -1.41. The van der Waals surface area contributed by atoms with Gasteiger partial charge in [-0.3, -0.25) is 4.79 Å². The molecule has 18 heavy (non-hydrogen) atoms. The fourth-order valence-corrected chi connectivity index (χ4v) is 1.59. The maximum atomic E-state index is 10.2. The highest BCUT2D eigenvalue weighted by Crippen LogP contribution is 2.06. The van der Waals surface area contributed by atoms with Crippen LogP contribution < -0.4 is 0 Å². The van der Waals surface area contributed by atoms with Crippen molar-refractivity contribution < 1.29 is 9.90 Å². The van der Waals surface area contributed by atoms with Crippen LogP contribution in [-0.4, -0.2) is 11.1 Å². The minimum Gasteiger partial charge on any atom is -0.481 e. The summed E-state index contributed by atoms with van der Waals surface area (Å²) in [7, 11) is 0. The number of unbranched alkanes of at least 4 members (excludes halogenated alkanes) is 7. The van der Waals surface area contributed by atoms with E-state index in [0.29, 0.717) is 12.8 Å². The summed E-state index contributed by atoms with van der Waals surface area (Å²) in [5, 5.41) is 8.43. The van der Waals surface area contributed by atoms with Crippen LogP contribution in [0.2, 0.25) is 0 Å². The number of carboxylic acid groups (broad SMARTS) is 1. The first-order valence-corrected chi connectivity index (χ1v) is 6.84. The molecule has 2 heteroatoms. The minimum atomic E-state index is -0.732. The van der Waals surface area contributed by atoms with Crippen molar-refractivity contribution >= 4 is 5.97 Å². The van der Waals surface area contributed by atoms with E-state index >= 15 is 0 Å². The van der Waals surface area contributed by atoms with Crippen LogP contribution in [0, 0.1) is 23.7 Å². The Labute approximate surface area is 111 Å². The molecule has 0 bridgehead atoms. The summed E-state index contributed by atoms with van der Waals surface area (Å²) in [5.74, 6) is 11.4. The molecule has 0 aromatic rings. The Morgan fingerprint density at radius 3 is 1.89 bits per heavy atom. The average Bonchev–Trinajstić information content (AvgIpc) is 2.34. The first kappa shape index (κ1) is 16.6. The van der Waals surface area contributed by atoms with Crippen LogP contribution in [0.25, 0.3) is 0 Å². The smallest absolute Gasteiger partial charge is 0.303 e. The van der Waals surface area contributed by atoms with Crippen LogP contribution >= 0.6 is 0 Å². The summed E-state index contributed by atoms with van der Waals surface area (Å²) in [5.41, 5.74) is 0. The van der Waals surface area contributed by atoms with Crippen molar-refractivity contribution in [3.63, 3.8) is 0 Å². The van der Waals surface area contributed by atoms with E-state index in [9.17, 15) is 4.79 Å². The SMILES string of the molecule is CC#CCCCCCCCC#CCCCC(=O)O. The molecule has 0 aromatic heterocycles. The van der Waals surface area contributed by atoms with Crippen molar-refractivity contribution in [2.24, 2.45) is 0 Å². The highest BCUT2D eigenvalue weighted by Gasteiger charge is 1.93. The van der Waals surface area contributed by atoms with Gasteiger partial charge in [0.15, 0.2) is 0 Å². The molecule has 0 fully saturated rings. The normalized spacial score (nSPS) is 8.94. The van der Waals surface area contributed by atoms with E-state index in [-0.39, 0.29) is 6.42 Å². The molecule has 0 aliphatic carbocycles. The Morgan fingerprint density at radius 1 is 0.833 bits per heavy atom. The average molecular weight is 248 g/mol. The lowest BCUT2D eigenvalue weighted by Gasteiger charge is -1.96. The van der Waals surface area contributed by atoms with E-state index < -0.39 is 5.97 Å². The molecule has 0 radical (unpaired) electrons. The van der Waals surface area contributed by atoms with Gasteiger partial charge in [-0.1, -0.05) is 19.3 Å². The Bertz CT molecular complexity index is 322. The predicted octanol–water partition coefficient (Wildman–Crippen LogP) is 4.00. The third kappa shape index (κ3) is 14.6. The molecule has 0 aliphatic rings. The Morgan fingerprint density at radius 2 is 1.33 bits per heavy atom. The van der Waals surface area contributed by atoms with Crippen molar-refractivity contribution in [1.29, 1.82) is 0 Å². The van der Waals surface area contributed by atoms with Crippen molar-refractivity contribution in [3.8, 4) is 23.7 Å². The summed E-state index contributed by atoms with van der Waals surface area (Å²) < 4.78 is 0. The fourth-order valence-electron chi connectivity index (χ4n) is 1.59. The molecule has 2 nitrogen and oxygen atoms in total. The molecule has 0 atom stereocenters. The van der Waals surface area contributed by atoms with Crippen LogP contribution in [0.5, 0.6) is 0 Å². The summed E-state index contributed by atoms with van der Waals surface area (Å²) in [6.45, 7) is 1.88. The fraction of sp³-hybridized carbons (Fsp3) is 0.688. The molecular formula is C16H24O2. The van der Waals surface area contributed by atoms with E-state index in [2.05, 4.69) is 23.7 Å². The van der Waals surface area contributed by atoms with Gasteiger partial charge >= 0.3 is 5.97 Å². The second kappa shape index (κ2) is 13.7. The molecular weight excluding hydrogens is 224 g/mol. The van der Waals surface area contributed by atoms with E-state index in [1.807, 2.05) is 6.92 Å². The van der Waals surface area contributed by atoms with Gasteiger partial charge in [-0.2, -0.15) is 0 Å². The predicted molar refractivity (Wildman–Crippen MR) is 75.0 cm³/mol. The number of hydrogen-bond acceptors (Lipinski definition) is 1. The molecule has 0 saturated heterocycles. The lowest BCUT2D eigenvalue weighted by molar-refractivity contribution is -0.137. The quantitative estimate of drug-likeness (QED) is 0.494. The van der Waals surface area contributed by atoms with Gasteiger partial charge in [-0.25, -0.2) is 0 Å². The number of carbonyl (C=O) groups is 1. The van der Waals surface area contributed by atoms with Crippen molar-refractivity contribution in [2.45, 2.75) is 71.1 Å². The molecule has 100 valence electrons. The number of aliphatic carboxylic acids is 1. The second-order valence-electron chi connectivity index (χ2n) is 4.30. The van der Waals surface area contributed by atoms with Crippen molar-refractivity contribution in [1.82, 2.24) is 0 Å². The summed E-state index contributed by atoms with van der Waals surface area (Å²) in [4.78, 5) is 10.2. The van der Waals surface area contributed by atoms with Crippen LogP contribution in [-0.2, 0) is 4.79 Å². The van der Waals surface area contributed by atoms with E-state index in [1.54, 1.807) is 0 Å². The lowest BCUT2D eigenvalue weighted by atomic mass is 10.1. The monoisotopic (exact) mass is 248 g/mol. The van der Waals surface area contributed by atoms with Gasteiger partial charge in [-0.15, -0.1) is 23.7 Å². The van der Waals surface area contributed by atoms with Crippen LogP contribution in [0.1, 0.15) is 71.1 Å². The third-order valence-electron chi connectivity index (χ3n) is 2.60. The van der Waals surface area contributed by atoms with Crippen LogP contribution in [0.4, 0.5) is 0 Å². The largest absolute Gasteiger partial charge is 0.481 e. The molecule has 0 aromatic carbocycles. The standard InChI is InChI=1S/C16H24O2/c1-2-3-4-5-6-7-8-9-10-11-12-13-14-15-16(17)18/h4-10,13-15H2,1H3,(H,17,18). The second-order valence-corrected chi connectivity index (χ2v) is 4.30. The molecule has 0 aliphatic heterocycles. The first-order chi connectivity index (χ1) is 8.77. The van der Waals surface area contributed by atoms with Gasteiger partial charge in [0, 0.05) is 25.7 Å². The Kier molecular flexibility index (Phi) is 12.6. The highest BCUT2D eigenvalue weighted by atomic mass is 16.4. The van der Waals surface area contributed by atoms with E-state index in [4.69, 9.17) is 5.11 Å². The maximum absolute atomic E-state index is 10.2. The van der Waals surface area contributed by atoms with Crippen molar-refractivity contribution in [3.05, 3.63) is 0 Å². The van der Waals surface area contributed by atoms with Crippen LogP contribution in [0.3, 0.4) is 0 Å². The minimum absolute atomic E-state index is 0.231. The lowest BCUT2D eigenvalue weighted by Crippen LogP contribution is -1.92. The number of carboxylic acids is 1.